The van der Waals surface area contributed by atoms with E-state index in [4.69, 9.17) is 9.47 Å². The van der Waals surface area contributed by atoms with Gasteiger partial charge in [0.1, 0.15) is 13.2 Å². The molecule has 0 bridgehead atoms. The third-order valence-corrected chi connectivity index (χ3v) is 10.4. The van der Waals surface area contributed by atoms with Crippen LogP contribution in [0.2, 0.25) is 0 Å². The fourth-order valence-corrected chi connectivity index (χ4v) is 7.11. The molecule has 0 saturated carbocycles. The molecule has 302 valence electrons. The lowest BCUT2D eigenvalue weighted by atomic mass is 9.94. The van der Waals surface area contributed by atoms with Gasteiger partial charge in [0, 0.05) is 12.5 Å². The molecule has 0 aromatic carbocycles. The molecule has 2 atom stereocenters. The zero-order chi connectivity index (χ0) is 38.0. The third-order valence-electron chi connectivity index (χ3n) is 10.4. The molecule has 0 N–H and O–H groups in total. The molecule has 0 aliphatic heterocycles. The lowest BCUT2D eigenvalue weighted by Gasteiger charge is -2.27. The second kappa shape index (κ2) is 35.4. The van der Waals surface area contributed by atoms with Gasteiger partial charge in [-0.1, -0.05) is 176 Å². The number of hydrogen-bond acceptors (Lipinski definition) is 6. The Kier molecular flexibility index (Phi) is 34.3. The number of hydrogen-bond donors (Lipinski definition) is 0. The van der Waals surface area contributed by atoms with E-state index in [1.54, 1.807) is 4.90 Å². The fourth-order valence-electron chi connectivity index (χ4n) is 7.11. The van der Waals surface area contributed by atoms with Crippen LogP contribution in [0.1, 0.15) is 202 Å². The summed E-state index contributed by atoms with van der Waals surface area (Å²) in [7, 11) is 3.94. The van der Waals surface area contributed by atoms with Gasteiger partial charge in [-0.25, -0.2) is 0 Å². The highest BCUT2D eigenvalue weighted by Crippen LogP contribution is 2.22. The summed E-state index contributed by atoms with van der Waals surface area (Å²) in [6, 6.07) is 0. The number of amides is 1. The van der Waals surface area contributed by atoms with E-state index in [0.717, 1.165) is 70.6 Å². The molecule has 0 radical (unpaired) electrons. The molecule has 0 aliphatic carbocycles. The van der Waals surface area contributed by atoms with E-state index in [-0.39, 0.29) is 48.8 Å². The first-order chi connectivity index (χ1) is 24.7. The van der Waals surface area contributed by atoms with Gasteiger partial charge in [-0.05, 0) is 39.8 Å². The molecule has 0 aromatic rings. The Bertz CT molecular complexity index is 805. The van der Waals surface area contributed by atoms with Crippen LogP contribution in [0.25, 0.3) is 0 Å². The summed E-state index contributed by atoms with van der Waals surface area (Å²) in [5.41, 5.74) is 0. The topological polar surface area (TPSA) is 76.1 Å². The monoisotopic (exact) mass is 723 g/mol. The molecule has 0 saturated heterocycles. The molecule has 0 aliphatic rings. The van der Waals surface area contributed by atoms with Crippen molar-refractivity contribution in [2.45, 2.75) is 202 Å². The Labute approximate surface area is 317 Å². The highest BCUT2D eigenvalue weighted by Gasteiger charge is 2.25. The van der Waals surface area contributed by atoms with Crippen molar-refractivity contribution in [1.29, 1.82) is 0 Å². The van der Waals surface area contributed by atoms with E-state index < -0.39 is 0 Å². The van der Waals surface area contributed by atoms with Crippen molar-refractivity contribution in [3.05, 3.63) is 0 Å². The van der Waals surface area contributed by atoms with Gasteiger partial charge >= 0.3 is 11.9 Å². The predicted molar refractivity (Wildman–Crippen MR) is 216 cm³/mol. The summed E-state index contributed by atoms with van der Waals surface area (Å²) >= 11 is 0. The lowest BCUT2D eigenvalue weighted by Crippen LogP contribution is -2.43. The predicted octanol–water partition coefficient (Wildman–Crippen LogP) is 11.6. The zero-order valence-corrected chi connectivity index (χ0v) is 35.1. The van der Waals surface area contributed by atoms with Gasteiger partial charge in [0.15, 0.2) is 0 Å². The summed E-state index contributed by atoms with van der Waals surface area (Å²) < 4.78 is 11.8. The van der Waals surface area contributed by atoms with E-state index in [9.17, 15) is 14.4 Å². The minimum absolute atomic E-state index is 0.00902. The normalized spacial score (nSPS) is 12.7. The van der Waals surface area contributed by atoms with Crippen LogP contribution in [-0.4, -0.2) is 74.6 Å². The molecule has 0 aromatic heterocycles. The smallest absolute Gasteiger partial charge is 0.308 e. The Morgan fingerprint density at radius 1 is 0.471 bits per heavy atom. The van der Waals surface area contributed by atoms with Crippen LogP contribution in [0.5, 0.6) is 0 Å². The van der Waals surface area contributed by atoms with Crippen LogP contribution < -0.4 is 0 Å². The van der Waals surface area contributed by atoms with Gasteiger partial charge in [0.05, 0.1) is 24.9 Å². The number of rotatable bonds is 37. The fraction of sp³-hybridized carbons (Fsp3) is 0.932. The van der Waals surface area contributed by atoms with Crippen LogP contribution in [0.15, 0.2) is 0 Å². The standard InChI is InChI=1S/C44H86N2O5/c1-8-12-16-20-21-25-29-33-41(32-28-24-19-15-11-4)44(49)51-37-35-46(42(47)39(5)38-45(6)7)34-36-50-43(48)40(30-26-22-17-13-9-2)31-27-23-18-14-10-3/h39-41H,8-38H2,1-7H3. The van der Waals surface area contributed by atoms with Crippen LogP contribution in [0.3, 0.4) is 0 Å². The molecule has 0 spiro atoms. The third kappa shape index (κ3) is 28.5. The SMILES string of the molecule is CCCCCCCCCC(CCCCCCC)C(=O)OCCN(CCOC(=O)C(CCCCCCC)CCCCCCC)C(=O)C(C)CN(C)C. The zero-order valence-electron chi connectivity index (χ0n) is 35.1. The van der Waals surface area contributed by atoms with Gasteiger partial charge < -0.3 is 19.3 Å². The van der Waals surface area contributed by atoms with Crippen LogP contribution >= 0.6 is 0 Å². The van der Waals surface area contributed by atoms with Crippen molar-refractivity contribution in [2.75, 3.05) is 46.9 Å². The number of nitrogens with zero attached hydrogens (tertiary/aromatic N) is 2. The van der Waals surface area contributed by atoms with Crippen molar-refractivity contribution < 1.29 is 23.9 Å². The van der Waals surface area contributed by atoms with Gasteiger partial charge in [-0.2, -0.15) is 0 Å². The maximum absolute atomic E-state index is 13.6. The van der Waals surface area contributed by atoms with Gasteiger partial charge in [0.2, 0.25) is 5.91 Å². The minimum Gasteiger partial charge on any atom is -0.464 e. The maximum atomic E-state index is 13.6. The van der Waals surface area contributed by atoms with Crippen LogP contribution in [0, 0.1) is 17.8 Å². The molecular weight excluding hydrogens is 636 g/mol. The lowest BCUT2D eigenvalue weighted by molar-refractivity contribution is -0.153. The van der Waals surface area contributed by atoms with Crippen LogP contribution in [0.4, 0.5) is 0 Å². The summed E-state index contributed by atoms with van der Waals surface area (Å²) in [6.45, 7) is 12.5. The highest BCUT2D eigenvalue weighted by molar-refractivity contribution is 5.79. The average molecular weight is 723 g/mol. The first-order valence-electron chi connectivity index (χ1n) is 22.0. The summed E-state index contributed by atoms with van der Waals surface area (Å²) in [6.07, 6.45) is 29.9. The summed E-state index contributed by atoms with van der Waals surface area (Å²) in [5.74, 6) is -0.568. The average Bonchev–Trinajstić information content (AvgIpc) is 3.11. The molecular formula is C44H86N2O5. The number of unbranched alkanes of at least 4 members (excludes halogenated alkanes) is 18. The van der Waals surface area contributed by atoms with Gasteiger partial charge in [-0.3, -0.25) is 14.4 Å². The molecule has 7 heteroatoms. The summed E-state index contributed by atoms with van der Waals surface area (Å²) in [5, 5.41) is 0. The molecule has 0 rings (SSSR count). The number of carbonyl (C=O) groups excluding carboxylic acids is 3. The Morgan fingerprint density at radius 3 is 1.06 bits per heavy atom. The Hall–Kier alpha value is -1.63. The quantitative estimate of drug-likeness (QED) is 0.0469. The van der Waals surface area contributed by atoms with Crippen molar-refractivity contribution in [3.8, 4) is 0 Å². The van der Waals surface area contributed by atoms with Crippen molar-refractivity contribution in [2.24, 2.45) is 17.8 Å². The molecule has 0 heterocycles. The molecule has 0 fully saturated rings. The first-order valence-corrected chi connectivity index (χ1v) is 22.0. The molecule has 51 heavy (non-hydrogen) atoms. The minimum atomic E-state index is -0.210. The second-order valence-corrected chi connectivity index (χ2v) is 15.7. The largest absolute Gasteiger partial charge is 0.464 e. The van der Waals surface area contributed by atoms with E-state index in [1.165, 1.54) is 96.3 Å². The maximum Gasteiger partial charge on any atom is 0.308 e. The van der Waals surface area contributed by atoms with Crippen molar-refractivity contribution >= 4 is 17.8 Å². The first kappa shape index (κ1) is 49.4. The number of ether oxygens (including phenoxy) is 2. The van der Waals surface area contributed by atoms with E-state index >= 15 is 0 Å². The highest BCUT2D eigenvalue weighted by atomic mass is 16.5. The molecule has 1 amide bonds. The molecule has 2 unspecified atom stereocenters. The van der Waals surface area contributed by atoms with Crippen LogP contribution in [-0.2, 0) is 23.9 Å². The Balaban J connectivity index is 5.27. The number of esters is 2. The van der Waals surface area contributed by atoms with Gasteiger partial charge in [-0.15, -0.1) is 0 Å². The number of carbonyl (C=O) groups is 3. The van der Waals surface area contributed by atoms with E-state index in [0.29, 0.717) is 19.6 Å². The van der Waals surface area contributed by atoms with Crippen molar-refractivity contribution in [1.82, 2.24) is 9.80 Å². The molecule has 7 nitrogen and oxygen atoms in total. The summed E-state index contributed by atoms with van der Waals surface area (Å²) in [4.78, 5) is 44.0. The van der Waals surface area contributed by atoms with Crippen molar-refractivity contribution in [3.63, 3.8) is 0 Å². The second-order valence-electron chi connectivity index (χ2n) is 15.7. The van der Waals surface area contributed by atoms with E-state index in [2.05, 4.69) is 27.7 Å². The Morgan fingerprint density at radius 2 is 0.765 bits per heavy atom. The van der Waals surface area contributed by atoms with Gasteiger partial charge in [0.25, 0.3) is 0 Å². The van der Waals surface area contributed by atoms with E-state index in [1.807, 2.05) is 25.9 Å².